The van der Waals surface area contributed by atoms with Crippen molar-refractivity contribution in [2.24, 2.45) is 0 Å². The van der Waals surface area contributed by atoms with Crippen LogP contribution in [0, 0.1) is 0 Å². The number of nitrogens with zero attached hydrogens (tertiary/aromatic N) is 3. The van der Waals surface area contributed by atoms with E-state index in [0.717, 1.165) is 39.0 Å². The summed E-state index contributed by atoms with van der Waals surface area (Å²) in [6.07, 6.45) is 3.87. The maximum absolute atomic E-state index is 12.9. The molecule has 36 heavy (non-hydrogen) atoms. The molecule has 5 rings (SSSR count). The second-order valence-electron chi connectivity index (χ2n) is 9.80. The van der Waals surface area contributed by atoms with Crippen molar-refractivity contribution in [1.82, 2.24) is 14.4 Å². The molecule has 2 heterocycles. The van der Waals surface area contributed by atoms with Gasteiger partial charge >= 0.3 is 6.09 Å². The van der Waals surface area contributed by atoms with Crippen molar-refractivity contribution >= 4 is 17.0 Å². The number of carbonyl (C=O) groups excluding carboxylic acids is 1. The molecular weight excluding hydrogens is 446 g/mol. The monoisotopic (exact) mass is 481 g/mol. The van der Waals surface area contributed by atoms with E-state index in [4.69, 9.17) is 4.74 Å². The number of hydrogen-bond donors (Lipinski definition) is 0. The van der Waals surface area contributed by atoms with E-state index < -0.39 is 0 Å². The van der Waals surface area contributed by atoms with Crippen LogP contribution >= 0.6 is 0 Å². The van der Waals surface area contributed by atoms with Crippen molar-refractivity contribution in [1.29, 1.82) is 0 Å². The molecule has 1 aromatic heterocycles. The normalized spacial score (nSPS) is 15.3. The highest BCUT2D eigenvalue weighted by atomic mass is 16.6. The van der Waals surface area contributed by atoms with Crippen molar-refractivity contribution in [2.45, 2.75) is 44.9 Å². The number of hydrogen-bond acceptors (Lipinski definition) is 3. The fraction of sp³-hybridized carbons (Fsp3) is 0.323. The Balaban J connectivity index is 1.16. The maximum atomic E-state index is 12.9. The predicted molar refractivity (Wildman–Crippen MR) is 145 cm³/mol. The Kier molecular flexibility index (Phi) is 7.67. The van der Waals surface area contributed by atoms with Crippen molar-refractivity contribution in [3.63, 3.8) is 0 Å². The van der Waals surface area contributed by atoms with Gasteiger partial charge in [-0.25, -0.2) is 4.79 Å². The minimum atomic E-state index is -0.197. The third kappa shape index (κ3) is 5.80. The molecule has 5 nitrogen and oxygen atoms in total. The lowest BCUT2D eigenvalue weighted by molar-refractivity contribution is 0.0568. The summed E-state index contributed by atoms with van der Waals surface area (Å²) in [5, 5.41) is 1.27. The van der Waals surface area contributed by atoms with E-state index in [-0.39, 0.29) is 12.1 Å². The summed E-state index contributed by atoms with van der Waals surface area (Å²) in [7, 11) is 0. The third-order valence-electron chi connectivity index (χ3n) is 7.27. The van der Waals surface area contributed by atoms with Crippen molar-refractivity contribution < 1.29 is 9.53 Å². The van der Waals surface area contributed by atoms with Gasteiger partial charge in [0.25, 0.3) is 0 Å². The topological polar surface area (TPSA) is 37.7 Å². The SMILES string of the molecule is C[C@@H](COC(=O)N1CCC(n2ccc3ccccc32)CC1)N(Cc1ccccc1)Cc1ccccc1. The van der Waals surface area contributed by atoms with Gasteiger partial charge in [0, 0.05) is 50.0 Å². The summed E-state index contributed by atoms with van der Waals surface area (Å²) in [6, 6.07) is 32.1. The molecule has 1 fully saturated rings. The molecule has 0 N–H and O–H groups in total. The number of para-hydroxylation sites is 1. The number of aromatic nitrogens is 1. The zero-order valence-electron chi connectivity index (χ0n) is 21.0. The molecule has 5 heteroatoms. The summed E-state index contributed by atoms with van der Waals surface area (Å²) >= 11 is 0. The van der Waals surface area contributed by atoms with Crippen LogP contribution in [0.4, 0.5) is 4.79 Å². The summed E-state index contributed by atoms with van der Waals surface area (Å²) in [4.78, 5) is 17.2. The number of likely N-dealkylation sites (tertiary alicyclic amines) is 1. The first-order valence-electron chi connectivity index (χ1n) is 13.0. The molecule has 0 bridgehead atoms. The molecule has 1 amide bonds. The number of fused-ring (bicyclic) bond motifs is 1. The lowest BCUT2D eigenvalue weighted by Crippen LogP contribution is -2.42. The first-order chi connectivity index (χ1) is 17.7. The van der Waals surface area contributed by atoms with Crippen LogP contribution in [-0.2, 0) is 17.8 Å². The highest BCUT2D eigenvalue weighted by Gasteiger charge is 2.26. The lowest BCUT2D eigenvalue weighted by Gasteiger charge is -2.34. The summed E-state index contributed by atoms with van der Waals surface area (Å²) < 4.78 is 8.20. The zero-order chi connectivity index (χ0) is 24.7. The van der Waals surface area contributed by atoms with Gasteiger partial charge in [0.15, 0.2) is 0 Å². The lowest BCUT2D eigenvalue weighted by atomic mass is 10.1. The molecule has 1 saturated heterocycles. The van der Waals surface area contributed by atoms with E-state index in [9.17, 15) is 4.79 Å². The van der Waals surface area contributed by atoms with Gasteiger partial charge in [-0.2, -0.15) is 0 Å². The molecule has 0 saturated carbocycles. The van der Waals surface area contributed by atoms with E-state index in [0.29, 0.717) is 12.6 Å². The van der Waals surface area contributed by atoms with Crippen molar-refractivity contribution in [3.05, 3.63) is 108 Å². The average molecular weight is 482 g/mol. The molecule has 1 atom stereocenters. The maximum Gasteiger partial charge on any atom is 0.409 e. The van der Waals surface area contributed by atoms with Crippen LogP contribution in [0.2, 0.25) is 0 Å². The molecule has 3 aromatic carbocycles. The minimum absolute atomic E-state index is 0.0955. The molecule has 1 aliphatic rings. The van der Waals surface area contributed by atoms with Gasteiger partial charge in [0.1, 0.15) is 6.61 Å². The Bertz CT molecular complexity index is 1210. The van der Waals surface area contributed by atoms with Crippen LogP contribution in [0.3, 0.4) is 0 Å². The number of benzene rings is 3. The number of rotatable bonds is 8. The number of ether oxygens (including phenoxy) is 1. The fourth-order valence-corrected chi connectivity index (χ4v) is 5.14. The molecule has 186 valence electrons. The van der Waals surface area contributed by atoms with Crippen LogP contribution in [0.1, 0.15) is 36.9 Å². The number of carbonyl (C=O) groups is 1. The van der Waals surface area contributed by atoms with E-state index in [1.807, 2.05) is 17.0 Å². The highest BCUT2D eigenvalue weighted by molar-refractivity contribution is 5.80. The van der Waals surface area contributed by atoms with Gasteiger partial charge in [0.2, 0.25) is 0 Å². The third-order valence-corrected chi connectivity index (χ3v) is 7.27. The Labute approximate surface area is 213 Å². The average Bonchev–Trinajstić information content (AvgIpc) is 3.37. The Hall–Kier alpha value is -3.57. The zero-order valence-corrected chi connectivity index (χ0v) is 21.0. The largest absolute Gasteiger partial charge is 0.448 e. The molecule has 0 aliphatic carbocycles. The van der Waals surface area contributed by atoms with Gasteiger partial charge in [-0.15, -0.1) is 0 Å². The van der Waals surface area contributed by atoms with E-state index in [1.54, 1.807) is 0 Å². The van der Waals surface area contributed by atoms with Crippen LogP contribution in [0.15, 0.2) is 97.2 Å². The quantitative estimate of drug-likeness (QED) is 0.288. The van der Waals surface area contributed by atoms with Gasteiger partial charge in [-0.1, -0.05) is 78.9 Å². The number of amides is 1. The second kappa shape index (κ2) is 11.4. The Morgan fingerprint density at radius 3 is 2.08 bits per heavy atom. The molecule has 1 aliphatic heterocycles. The van der Waals surface area contributed by atoms with Crippen LogP contribution in [-0.4, -0.2) is 46.2 Å². The first-order valence-corrected chi connectivity index (χ1v) is 13.0. The number of piperidine rings is 1. The Morgan fingerprint density at radius 2 is 1.44 bits per heavy atom. The minimum Gasteiger partial charge on any atom is -0.448 e. The van der Waals surface area contributed by atoms with Crippen molar-refractivity contribution in [2.75, 3.05) is 19.7 Å². The van der Waals surface area contributed by atoms with Crippen LogP contribution in [0.5, 0.6) is 0 Å². The van der Waals surface area contributed by atoms with Crippen LogP contribution in [0.25, 0.3) is 10.9 Å². The van der Waals surface area contributed by atoms with Gasteiger partial charge in [-0.3, -0.25) is 4.90 Å². The Morgan fingerprint density at radius 1 is 0.861 bits per heavy atom. The standard InChI is InChI=1S/C31H35N3O2/c1-25(33(22-26-10-4-2-5-11-26)23-27-12-6-3-7-13-27)24-36-31(35)32-19-17-29(18-20-32)34-21-16-28-14-8-9-15-30(28)34/h2-16,21,25,29H,17-20,22-24H2,1H3/t25-/m0/s1. The highest BCUT2D eigenvalue weighted by Crippen LogP contribution is 2.28. The smallest absolute Gasteiger partial charge is 0.409 e. The summed E-state index contributed by atoms with van der Waals surface area (Å²) in [5.74, 6) is 0. The van der Waals surface area contributed by atoms with Gasteiger partial charge in [-0.05, 0) is 48.4 Å². The van der Waals surface area contributed by atoms with E-state index in [1.165, 1.54) is 22.0 Å². The summed E-state index contributed by atoms with van der Waals surface area (Å²) in [6.45, 7) is 5.59. The van der Waals surface area contributed by atoms with Crippen LogP contribution < -0.4 is 0 Å². The van der Waals surface area contributed by atoms with E-state index >= 15 is 0 Å². The molecule has 0 spiro atoms. The van der Waals surface area contributed by atoms with Gasteiger partial charge in [0.05, 0.1) is 0 Å². The van der Waals surface area contributed by atoms with Gasteiger partial charge < -0.3 is 14.2 Å². The molecule has 4 aromatic rings. The summed E-state index contributed by atoms with van der Waals surface area (Å²) in [5.41, 5.74) is 3.78. The molecule has 0 unspecified atom stereocenters. The predicted octanol–water partition coefficient (Wildman–Crippen LogP) is 6.51. The first kappa shape index (κ1) is 24.1. The molecule has 0 radical (unpaired) electrons. The van der Waals surface area contributed by atoms with Crippen molar-refractivity contribution in [3.8, 4) is 0 Å². The van der Waals surface area contributed by atoms with E-state index in [2.05, 4.69) is 101 Å². The second-order valence-corrected chi connectivity index (χ2v) is 9.80. The molecular formula is C31H35N3O2. The fourth-order valence-electron chi connectivity index (χ4n) is 5.14.